The summed E-state index contributed by atoms with van der Waals surface area (Å²) in [5.74, 6) is -0.458. The molecular weight excluding hydrogens is 310 g/mol. The molecule has 1 fully saturated rings. The summed E-state index contributed by atoms with van der Waals surface area (Å²) in [6.45, 7) is 3.63. The molecule has 3 N–H and O–H groups in total. The van der Waals surface area contributed by atoms with Crippen molar-refractivity contribution in [2.45, 2.75) is 45.1 Å². The number of hydrogen-bond acceptors (Lipinski definition) is 4. The SMILES string of the molecule is Cc1ccc(-c2cc(C(=O)NC3(C)CCCCC3C(=O)O)n[nH]2)o1. The van der Waals surface area contributed by atoms with Gasteiger partial charge in [-0.05, 0) is 38.8 Å². The fourth-order valence-electron chi connectivity index (χ4n) is 3.35. The van der Waals surface area contributed by atoms with Gasteiger partial charge in [0.15, 0.2) is 11.5 Å². The molecule has 0 spiro atoms. The van der Waals surface area contributed by atoms with Crippen LogP contribution in [0.25, 0.3) is 11.5 Å². The van der Waals surface area contributed by atoms with Gasteiger partial charge in [-0.15, -0.1) is 0 Å². The fraction of sp³-hybridized carbons (Fsp3) is 0.471. The summed E-state index contributed by atoms with van der Waals surface area (Å²) >= 11 is 0. The van der Waals surface area contributed by atoms with E-state index < -0.39 is 17.4 Å². The van der Waals surface area contributed by atoms with Crippen molar-refractivity contribution in [1.82, 2.24) is 15.5 Å². The molecule has 2 heterocycles. The van der Waals surface area contributed by atoms with E-state index in [1.165, 1.54) is 0 Å². The van der Waals surface area contributed by atoms with E-state index in [0.717, 1.165) is 18.6 Å². The third kappa shape index (κ3) is 3.06. The van der Waals surface area contributed by atoms with Crippen LogP contribution in [0, 0.1) is 12.8 Å². The highest BCUT2D eigenvalue weighted by atomic mass is 16.4. The van der Waals surface area contributed by atoms with Crippen molar-refractivity contribution in [2.75, 3.05) is 0 Å². The zero-order valence-electron chi connectivity index (χ0n) is 13.8. The summed E-state index contributed by atoms with van der Waals surface area (Å²) < 4.78 is 5.50. The second-order valence-corrected chi connectivity index (χ2v) is 6.59. The van der Waals surface area contributed by atoms with Gasteiger partial charge in [-0.25, -0.2) is 0 Å². The van der Waals surface area contributed by atoms with E-state index in [1.54, 1.807) is 19.1 Å². The van der Waals surface area contributed by atoms with Gasteiger partial charge in [0.25, 0.3) is 5.91 Å². The van der Waals surface area contributed by atoms with Crippen LogP contribution in [0.4, 0.5) is 0 Å². The second-order valence-electron chi connectivity index (χ2n) is 6.59. The zero-order valence-corrected chi connectivity index (χ0v) is 13.8. The van der Waals surface area contributed by atoms with Gasteiger partial charge < -0.3 is 14.8 Å². The number of amides is 1. The highest BCUT2D eigenvalue weighted by Crippen LogP contribution is 2.34. The molecule has 0 saturated heterocycles. The van der Waals surface area contributed by atoms with E-state index in [9.17, 15) is 14.7 Å². The molecule has 3 rings (SSSR count). The lowest BCUT2D eigenvalue weighted by molar-refractivity contribution is -0.145. The molecule has 0 radical (unpaired) electrons. The minimum atomic E-state index is -0.869. The maximum Gasteiger partial charge on any atom is 0.308 e. The molecule has 1 amide bonds. The van der Waals surface area contributed by atoms with Crippen LogP contribution in [0.1, 0.15) is 48.9 Å². The lowest BCUT2D eigenvalue weighted by atomic mass is 9.74. The van der Waals surface area contributed by atoms with Crippen molar-refractivity contribution < 1.29 is 19.1 Å². The normalized spacial score (nSPS) is 23.8. The van der Waals surface area contributed by atoms with E-state index in [1.807, 2.05) is 13.0 Å². The van der Waals surface area contributed by atoms with Crippen LogP contribution in [0.15, 0.2) is 22.6 Å². The van der Waals surface area contributed by atoms with Crippen LogP contribution in [0.2, 0.25) is 0 Å². The zero-order chi connectivity index (χ0) is 17.3. The fourth-order valence-corrected chi connectivity index (χ4v) is 3.35. The summed E-state index contributed by atoms with van der Waals surface area (Å²) in [5, 5.41) is 19.1. The highest BCUT2D eigenvalue weighted by molar-refractivity contribution is 5.94. The number of rotatable bonds is 4. The second kappa shape index (κ2) is 6.14. The number of aliphatic carboxylic acids is 1. The lowest BCUT2D eigenvalue weighted by Gasteiger charge is -2.39. The Labute approximate surface area is 139 Å². The summed E-state index contributed by atoms with van der Waals surface area (Å²) in [6, 6.07) is 5.24. The lowest BCUT2D eigenvalue weighted by Crippen LogP contribution is -2.55. The van der Waals surface area contributed by atoms with Gasteiger partial charge in [0, 0.05) is 6.07 Å². The Morgan fingerprint density at radius 3 is 2.88 bits per heavy atom. The molecule has 24 heavy (non-hydrogen) atoms. The number of carbonyl (C=O) groups is 2. The van der Waals surface area contributed by atoms with Crippen LogP contribution in [0.3, 0.4) is 0 Å². The van der Waals surface area contributed by atoms with Gasteiger partial charge in [0.2, 0.25) is 0 Å². The van der Waals surface area contributed by atoms with E-state index >= 15 is 0 Å². The van der Waals surface area contributed by atoms with Crippen molar-refractivity contribution in [3.8, 4) is 11.5 Å². The average Bonchev–Trinajstić information content (AvgIpc) is 3.15. The number of carboxylic acids is 1. The topological polar surface area (TPSA) is 108 Å². The molecule has 1 saturated carbocycles. The quantitative estimate of drug-likeness (QED) is 0.798. The summed E-state index contributed by atoms with van der Waals surface area (Å²) in [5.41, 5.74) is 0.0634. The largest absolute Gasteiger partial charge is 0.481 e. The smallest absolute Gasteiger partial charge is 0.308 e. The van der Waals surface area contributed by atoms with E-state index in [-0.39, 0.29) is 11.6 Å². The number of furan rings is 1. The van der Waals surface area contributed by atoms with Crippen LogP contribution in [-0.4, -0.2) is 32.7 Å². The number of carbonyl (C=O) groups excluding carboxylic acids is 1. The standard InChI is InChI=1S/C17H21N3O4/c1-10-6-7-14(24-10)12-9-13(20-19-12)15(21)18-17(2)8-4-3-5-11(17)16(22)23/h6-7,9,11H,3-5,8H2,1-2H3,(H,18,21)(H,19,20)(H,22,23). The van der Waals surface area contributed by atoms with Gasteiger partial charge in [-0.2, -0.15) is 5.10 Å². The van der Waals surface area contributed by atoms with Crippen molar-refractivity contribution in [3.05, 3.63) is 29.7 Å². The number of carboxylic acid groups (broad SMARTS) is 1. The summed E-state index contributed by atoms with van der Waals surface area (Å²) in [7, 11) is 0. The van der Waals surface area contributed by atoms with Crippen molar-refractivity contribution in [1.29, 1.82) is 0 Å². The van der Waals surface area contributed by atoms with Gasteiger partial charge in [-0.3, -0.25) is 14.7 Å². The van der Waals surface area contributed by atoms with Crippen LogP contribution >= 0.6 is 0 Å². The number of aryl methyl sites for hydroxylation is 1. The Hall–Kier alpha value is -2.57. The first-order valence-corrected chi connectivity index (χ1v) is 8.06. The first-order chi connectivity index (χ1) is 11.4. The highest BCUT2D eigenvalue weighted by Gasteiger charge is 2.42. The third-order valence-corrected chi connectivity index (χ3v) is 4.72. The molecule has 0 aromatic carbocycles. The number of aromatic nitrogens is 2. The molecule has 2 unspecified atom stereocenters. The molecule has 128 valence electrons. The first-order valence-electron chi connectivity index (χ1n) is 8.06. The summed E-state index contributed by atoms with van der Waals surface area (Å²) in [6.07, 6.45) is 2.98. The summed E-state index contributed by atoms with van der Waals surface area (Å²) in [4.78, 5) is 24.0. The van der Waals surface area contributed by atoms with Crippen LogP contribution < -0.4 is 5.32 Å². The van der Waals surface area contributed by atoms with E-state index in [2.05, 4.69) is 15.5 Å². The number of hydrogen-bond donors (Lipinski definition) is 3. The maximum atomic E-state index is 12.5. The Morgan fingerprint density at radius 2 is 2.21 bits per heavy atom. The molecule has 2 aromatic heterocycles. The Kier molecular flexibility index (Phi) is 4.17. The van der Waals surface area contributed by atoms with Gasteiger partial charge in [0.05, 0.1) is 11.5 Å². The molecule has 0 aliphatic heterocycles. The molecule has 2 aromatic rings. The molecular formula is C17H21N3O4. The van der Waals surface area contributed by atoms with Crippen LogP contribution in [0.5, 0.6) is 0 Å². The average molecular weight is 331 g/mol. The van der Waals surface area contributed by atoms with Crippen molar-refractivity contribution >= 4 is 11.9 Å². The molecule has 1 aliphatic carbocycles. The van der Waals surface area contributed by atoms with Crippen LogP contribution in [-0.2, 0) is 4.79 Å². The Balaban J connectivity index is 1.77. The predicted octanol–water partition coefficient (Wildman–Crippen LogP) is 2.74. The number of H-pyrrole nitrogens is 1. The van der Waals surface area contributed by atoms with E-state index in [4.69, 9.17) is 4.42 Å². The molecule has 7 heteroatoms. The predicted molar refractivity (Wildman–Crippen MR) is 86.5 cm³/mol. The molecule has 0 bridgehead atoms. The Morgan fingerprint density at radius 1 is 1.42 bits per heavy atom. The number of nitrogens with zero attached hydrogens (tertiary/aromatic N) is 1. The van der Waals surface area contributed by atoms with Gasteiger partial charge in [0.1, 0.15) is 11.5 Å². The molecule has 7 nitrogen and oxygen atoms in total. The van der Waals surface area contributed by atoms with E-state index in [0.29, 0.717) is 24.3 Å². The minimum Gasteiger partial charge on any atom is -0.481 e. The van der Waals surface area contributed by atoms with Crippen molar-refractivity contribution in [2.24, 2.45) is 5.92 Å². The monoisotopic (exact) mass is 331 g/mol. The molecule has 1 aliphatic rings. The minimum absolute atomic E-state index is 0.218. The first kappa shape index (κ1) is 16.3. The third-order valence-electron chi connectivity index (χ3n) is 4.72. The maximum absolute atomic E-state index is 12.5. The van der Waals surface area contributed by atoms with Gasteiger partial charge in [-0.1, -0.05) is 12.8 Å². The Bertz CT molecular complexity index is 763. The number of aromatic amines is 1. The van der Waals surface area contributed by atoms with Gasteiger partial charge >= 0.3 is 5.97 Å². The number of nitrogens with one attached hydrogen (secondary N) is 2. The van der Waals surface area contributed by atoms with Crippen molar-refractivity contribution in [3.63, 3.8) is 0 Å². The molecule has 2 atom stereocenters.